The van der Waals surface area contributed by atoms with Gasteiger partial charge >= 0.3 is 5.97 Å². The monoisotopic (exact) mass is 383 g/mol. The molecule has 0 unspecified atom stereocenters. The summed E-state index contributed by atoms with van der Waals surface area (Å²) in [7, 11) is 0. The molecule has 2 aromatic rings. The van der Waals surface area contributed by atoms with Gasteiger partial charge in [-0.1, -0.05) is 12.1 Å². The lowest BCUT2D eigenvalue weighted by Gasteiger charge is -2.10. The highest BCUT2D eigenvalue weighted by Crippen LogP contribution is 2.39. The molecule has 0 N–H and O–H groups in total. The third-order valence-electron chi connectivity index (χ3n) is 4.07. The Bertz CT molecular complexity index is 994. The lowest BCUT2D eigenvalue weighted by molar-refractivity contribution is -0.384. The molecule has 8 nitrogen and oxygen atoms in total. The number of non-ortho nitro benzene ring substituents is 1. The average Bonchev–Trinajstić information content (AvgIpc) is 2.98. The molecular formula is C20H17NO7. The van der Waals surface area contributed by atoms with Gasteiger partial charge in [-0.05, 0) is 37.6 Å². The Kier molecular flexibility index (Phi) is 5.39. The Balaban J connectivity index is 1.84. The first-order chi connectivity index (χ1) is 13.4. The van der Waals surface area contributed by atoms with E-state index in [1.54, 1.807) is 32.0 Å². The van der Waals surface area contributed by atoms with E-state index in [4.69, 9.17) is 14.2 Å². The zero-order chi connectivity index (χ0) is 20.3. The highest BCUT2D eigenvalue weighted by Gasteiger charge is 2.30. The lowest BCUT2D eigenvalue weighted by Crippen LogP contribution is -2.15. The molecule has 0 fully saturated rings. The molecule has 2 aromatic carbocycles. The van der Waals surface area contributed by atoms with Gasteiger partial charge < -0.3 is 14.2 Å². The van der Waals surface area contributed by atoms with E-state index in [0.29, 0.717) is 28.2 Å². The van der Waals surface area contributed by atoms with Crippen molar-refractivity contribution in [3.63, 3.8) is 0 Å². The fourth-order valence-electron chi connectivity index (χ4n) is 2.74. The summed E-state index contributed by atoms with van der Waals surface area (Å²) in [6.45, 7) is 3.42. The third kappa shape index (κ3) is 3.85. The van der Waals surface area contributed by atoms with Crippen molar-refractivity contribution in [2.75, 3.05) is 13.2 Å². The number of benzene rings is 2. The van der Waals surface area contributed by atoms with Crippen LogP contribution >= 0.6 is 0 Å². The highest BCUT2D eigenvalue weighted by atomic mass is 16.6. The fraction of sp³-hybridized carbons (Fsp3) is 0.200. The number of Topliss-reactive ketones (excluding diaryl/α,β-unsaturated/α-hetero) is 1. The van der Waals surface area contributed by atoms with Crippen LogP contribution in [-0.2, 0) is 9.53 Å². The van der Waals surface area contributed by atoms with E-state index in [0.717, 1.165) is 0 Å². The second-order valence-electron chi connectivity index (χ2n) is 5.95. The van der Waals surface area contributed by atoms with Gasteiger partial charge in [0.2, 0.25) is 5.78 Å². The van der Waals surface area contributed by atoms with Crippen molar-refractivity contribution < 1.29 is 28.7 Å². The zero-order valence-electron chi connectivity index (χ0n) is 15.3. The summed E-state index contributed by atoms with van der Waals surface area (Å²) in [5, 5.41) is 10.9. The summed E-state index contributed by atoms with van der Waals surface area (Å²) < 4.78 is 16.0. The maximum absolute atomic E-state index is 12.6. The molecule has 144 valence electrons. The summed E-state index contributed by atoms with van der Waals surface area (Å²) >= 11 is 0. The molecule has 1 aliphatic heterocycles. The Morgan fingerprint density at radius 3 is 2.79 bits per heavy atom. The maximum atomic E-state index is 12.6. The van der Waals surface area contributed by atoms with Crippen LogP contribution < -0.4 is 9.47 Å². The van der Waals surface area contributed by atoms with Gasteiger partial charge in [-0.2, -0.15) is 0 Å². The normalized spacial score (nSPS) is 13.8. The smallest absolute Gasteiger partial charge is 0.344 e. The summed E-state index contributed by atoms with van der Waals surface area (Å²) in [6.07, 6.45) is 1.45. The molecule has 1 heterocycles. The molecule has 3 rings (SSSR count). The SMILES string of the molecule is CCOC(=O)COc1ccc2c(c1C)O/C(=C\c1cccc([N+](=O)[O-])c1)C2=O. The van der Waals surface area contributed by atoms with Crippen LogP contribution in [0.3, 0.4) is 0 Å². The first kappa shape index (κ1) is 19.1. The number of nitro benzene ring substituents is 1. The van der Waals surface area contributed by atoms with Crippen molar-refractivity contribution in [2.45, 2.75) is 13.8 Å². The molecule has 0 atom stereocenters. The predicted octanol–water partition coefficient (Wildman–Crippen LogP) is 3.46. The van der Waals surface area contributed by atoms with E-state index >= 15 is 0 Å². The lowest BCUT2D eigenvalue weighted by atomic mass is 10.1. The molecule has 0 spiro atoms. The van der Waals surface area contributed by atoms with Crippen LogP contribution in [0.1, 0.15) is 28.4 Å². The minimum Gasteiger partial charge on any atom is -0.481 e. The minimum atomic E-state index is -0.509. The van der Waals surface area contributed by atoms with Gasteiger partial charge in [-0.15, -0.1) is 0 Å². The molecule has 0 saturated carbocycles. The molecule has 0 aliphatic carbocycles. The van der Waals surface area contributed by atoms with E-state index in [-0.39, 0.29) is 30.4 Å². The van der Waals surface area contributed by atoms with Gasteiger partial charge in [-0.3, -0.25) is 14.9 Å². The topological polar surface area (TPSA) is 105 Å². The number of esters is 1. The molecule has 0 radical (unpaired) electrons. The van der Waals surface area contributed by atoms with Crippen LogP contribution in [0.2, 0.25) is 0 Å². The van der Waals surface area contributed by atoms with Gasteiger partial charge in [0.05, 0.1) is 17.1 Å². The molecule has 1 aliphatic rings. The van der Waals surface area contributed by atoms with Crippen molar-refractivity contribution in [1.29, 1.82) is 0 Å². The first-order valence-corrected chi connectivity index (χ1v) is 8.51. The largest absolute Gasteiger partial charge is 0.481 e. The Morgan fingerprint density at radius 1 is 1.29 bits per heavy atom. The molecule has 0 amide bonds. The molecule has 0 aromatic heterocycles. The van der Waals surface area contributed by atoms with Crippen LogP contribution in [-0.4, -0.2) is 29.9 Å². The predicted molar refractivity (Wildman–Crippen MR) is 99.3 cm³/mol. The number of carbonyl (C=O) groups is 2. The highest BCUT2D eigenvalue weighted by molar-refractivity contribution is 6.15. The van der Waals surface area contributed by atoms with Gasteiger partial charge in [-0.25, -0.2) is 4.79 Å². The second kappa shape index (κ2) is 7.91. The van der Waals surface area contributed by atoms with Gasteiger partial charge in [0.1, 0.15) is 11.5 Å². The Labute approximate surface area is 160 Å². The maximum Gasteiger partial charge on any atom is 0.344 e. The van der Waals surface area contributed by atoms with Crippen LogP contribution in [0.15, 0.2) is 42.2 Å². The van der Waals surface area contributed by atoms with E-state index in [2.05, 4.69) is 0 Å². The summed E-state index contributed by atoms with van der Waals surface area (Å²) in [5.41, 5.74) is 1.32. The summed E-state index contributed by atoms with van der Waals surface area (Å²) in [4.78, 5) is 34.4. The second-order valence-corrected chi connectivity index (χ2v) is 5.95. The third-order valence-corrected chi connectivity index (χ3v) is 4.07. The van der Waals surface area contributed by atoms with Gasteiger partial charge in [0.25, 0.3) is 5.69 Å². The number of ether oxygens (including phenoxy) is 3. The van der Waals surface area contributed by atoms with Gasteiger partial charge in [0, 0.05) is 17.7 Å². The number of hydrogen-bond donors (Lipinski definition) is 0. The van der Waals surface area contributed by atoms with E-state index in [1.807, 2.05) is 0 Å². The molecular weight excluding hydrogens is 366 g/mol. The van der Waals surface area contributed by atoms with E-state index < -0.39 is 10.9 Å². The number of carbonyl (C=O) groups excluding carboxylic acids is 2. The molecule has 28 heavy (non-hydrogen) atoms. The quantitative estimate of drug-likeness (QED) is 0.325. The van der Waals surface area contributed by atoms with Crippen LogP contribution in [0, 0.1) is 17.0 Å². The fourth-order valence-corrected chi connectivity index (χ4v) is 2.74. The zero-order valence-corrected chi connectivity index (χ0v) is 15.3. The van der Waals surface area contributed by atoms with Crippen molar-refractivity contribution in [3.05, 3.63) is 69.0 Å². The molecule has 0 saturated heterocycles. The number of nitro groups is 1. The standard InChI is InChI=1S/C20H17NO7/c1-3-26-18(22)11-27-16-8-7-15-19(23)17(28-20(15)12(16)2)10-13-5-4-6-14(9-13)21(24)25/h4-10H,3,11H2,1-2H3/b17-10-. The van der Waals surface area contributed by atoms with Gasteiger partial charge in [0.15, 0.2) is 12.4 Å². The van der Waals surface area contributed by atoms with Crippen molar-refractivity contribution in [2.24, 2.45) is 0 Å². The Morgan fingerprint density at radius 2 is 2.07 bits per heavy atom. The van der Waals surface area contributed by atoms with Crippen LogP contribution in [0.25, 0.3) is 6.08 Å². The average molecular weight is 383 g/mol. The first-order valence-electron chi connectivity index (χ1n) is 8.51. The van der Waals surface area contributed by atoms with Crippen molar-refractivity contribution in [3.8, 4) is 11.5 Å². The number of hydrogen-bond acceptors (Lipinski definition) is 7. The van der Waals surface area contributed by atoms with E-state index in [1.165, 1.54) is 24.3 Å². The summed E-state index contributed by atoms with van der Waals surface area (Å²) in [6, 6.07) is 9.03. The number of rotatable bonds is 6. The van der Waals surface area contributed by atoms with Crippen molar-refractivity contribution in [1.82, 2.24) is 0 Å². The number of ketones is 1. The number of allylic oxidation sites excluding steroid dienone is 1. The van der Waals surface area contributed by atoms with E-state index in [9.17, 15) is 19.7 Å². The van der Waals surface area contributed by atoms with Crippen LogP contribution in [0.5, 0.6) is 11.5 Å². The van der Waals surface area contributed by atoms with Crippen molar-refractivity contribution >= 4 is 23.5 Å². The number of nitrogens with zero attached hydrogens (tertiary/aromatic N) is 1. The minimum absolute atomic E-state index is 0.0566. The molecule has 8 heteroatoms. The number of fused-ring (bicyclic) bond motifs is 1. The molecule has 0 bridgehead atoms. The summed E-state index contributed by atoms with van der Waals surface area (Å²) in [5.74, 6) is -0.0346. The Hall–Kier alpha value is -3.68. The van der Waals surface area contributed by atoms with Crippen LogP contribution in [0.4, 0.5) is 5.69 Å².